The van der Waals surface area contributed by atoms with Crippen LogP contribution in [0.5, 0.6) is 0 Å². The molecule has 0 spiro atoms. The average molecular weight is 329 g/mol. The van der Waals surface area contributed by atoms with Crippen LogP contribution >= 0.6 is 11.3 Å². The smallest absolute Gasteiger partial charge is 0.241 e. The van der Waals surface area contributed by atoms with E-state index in [1.807, 2.05) is 13.8 Å². The highest BCUT2D eigenvalue weighted by atomic mass is 32.2. The van der Waals surface area contributed by atoms with Gasteiger partial charge in [0.05, 0.1) is 21.6 Å². The van der Waals surface area contributed by atoms with E-state index in [0.717, 1.165) is 27.7 Å². The minimum absolute atomic E-state index is 0.0628. The monoisotopic (exact) mass is 329 g/mol. The molecule has 2 rings (SSSR count). The predicted molar refractivity (Wildman–Crippen MR) is 81.1 cm³/mol. The third-order valence-corrected chi connectivity index (χ3v) is 5.64. The number of aromatic nitrogens is 1. The summed E-state index contributed by atoms with van der Waals surface area (Å²) in [6.07, 6.45) is 0. The molecule has 114 valence electrons. The van der Waals surface area contributed by atoms with Crippen LogP contribution in [0.25, 0.3) is 0 Å². The van der Waals surface area contributed by atoms with E-state index in [9.17, 15) is 12.8 Å². The molecule has 8 heteroatoms. The number of aryl methyl sites for hydroxylation is 2. The van der Waals surface area contributed by atoms with Crippen molar-refractivity contribution >= 4 is 27.0 Å². The highest BCUT2D eigenvalue weighted by Crippen LogP contribution is 2.26. The van der Waals surface area contributed by atoms with Crippen LogP contribution in [-0.4, -0.2) is 13.4 Å². The van der Waals surface area contributed by atoms with Gasteiger partial charge in [0.25, 0.3) is 0 Å². The van der Waals surface area contributed by atoms with Crippen molar-refractivity contribution in [3.8, 4) is 0 Å². The van der Waals surface area contributed by atoms with Crippen molar-refractivity contribution in [1.29, 1.82) is 0 Å². The zero-order chi connectivity index (χ0) is 15.8. The van der Waals surface area contributed by atoms with Gasteiger partial charge < -0.3 is 5.73 Å². The molecule has 2 aromatic rings. The summed E-state index contributed by atoms with van der Waals surface area (Å²) in [5.74, 6) is -0.687. The third-order valence-electron chi connectivity index (χ3n) is 2.87. The number of sulfonamides is 1. The minimum Gasteiger partial charge on any atom is -0.399 e. The molecule has 1 aromatic heterocycles. The number of rotatable bonds is 4. The second-order valence-corrected chi connectivity index (χ2v) is 7.69. The average Bonchev–Trinajstić information content (AvgIpc) is 2.66. The van der Waals surface area contributed by atoms with Gasteiger partial charge in [-0.25, -0.2) is 22.5 Å². The maximum Gasteiger partial charge on any atom is 0.241 e. The molecule has 0 saturated heterocycles. The molecule has 3 N–H and O–H groups in total. The first-order valence-electron chi connectivity index (χ1n) is 6.21. The molecule has 0 aliphatic carbocycles. The predicted octanol–water partition coefficient (Wildman–Crippen LogP) is 2.52. The second-order valence-electron chi connectivity index (χ2n) is 4.75. The summed E-state index contributed by atoms with van der Waals surface area (Å²) in [7, 11) is -3.85. The lowest BCUT2D eigenvalue weighted by Gasteiger charge is -2.14. The van der Waals surface area contributed by atoms with E-state index in [0.29, 0.717) is 0 Å². The number of halogens is 1. The van der Waals surface area contributed by atoms with Crippen LogP contribution in [0, 0.1) is 19.7 Å². The molecule has 5 nitrogen and oxygen atoms in total. The van der Waals surface area contributed by atoms with Crippen LogP contribution in [0.15, 0.2) is 23.1 Å². The number of nitrogens with zero attached hydrogens (tertiary/aromatic N) is 1. The SMILES string of the molecule is Cc1nc(C)c(C(C)NS(=O)(=O)c2cc(N)cc(F)c2)s1. The standard InChI is InChI=1S/C13H16FN3O2S2/c1-7-13(20-9(3)16-7)8(2)17-21(18,19)12-5-10(14)4-11(15)6-12/h4-6,8,17H,15H2,1-3H3. The summed E-state index contributed by atoms with van der Waals surface area (Å²) in [6.45, 7) is 5.40. The quantitative estimate of drug-likeness (QED) is 0.844. The van der Waals surface area contributed by atoms with Crippen LogP contribution in [0.3, 0.4) is 0 Å². The molecule has 0 radical (unpaired) electrons. The Morgan fingerprint density at radius 3 is 2.52 bits per heavy atom. The van der Waals surface area contributed by atoms with Gasteiger partial charge in [-0.3, -0.25) is 0 Å². The van der Waals surface area contributed by atoms with Crippen molar-refractivity contribution in [3.05, 3.63) is 39.6 Å². The van der Waals surface area contributed by atoms with E-state index in [1.165, 1.54) is 17.4 Å². The van der Waals surface area contributed by atoms with Gasteiger partial charge in [-0.2, -0.15) is 0 Å². The van der Waals surface area contributed by atoms with Crippen molar-refractivity contribution in [2.45, 2.75) is 31.7 Å². The number of nitrogens with two attached hydrogens (primary N) is 1. The topological polar surface area (TPSA) is 85.1 Å². The lowest BCUT2D eigenvalue weighted by molar-refractivity contribution is 0.565. The Morgan fingerprint density at radius 2 is 2.00 bits per heavy atom. The molecule has 0 aliphatic heterocycles. The number of nitrogen functional groups attached to an aromatic ring is 1. The summed E-state index contributed by atoms with van der Waals surface area (Å²) >= 11 is 1.43. The molecule has 1 aromatic carbocycles. The Hall–Kier alpha value is -1.51. The first-order chi connectivity index (χ1) is 9.69. The van der Waals surface area contributed by atoms with Gasteiger partial charge in [-0.15, -0.1) is 11.3 Å². The molecule has 0 bridgehead atoms. The molecule has 1 atom stereocenters. The number of hydrogen-bond donors (Lipinski definition) is 2. The van der Waals surface area contributed by atoms with Gasteiger partial charge in [0, 0.05) is 10.6 Å². The van der Waals surface area contributed by atoms with Gasteiger partial charge >= 0.3 is 0 Å². The Balaban J connectivity index is 2.30. The highest BCUT2D eigenvalue weighted by Gasteiger charge is 2.22. The van der Waals surface area contributed by atoms with Crippen LogP contribution in [-0.2, 0) is 10.0 Å². The van der Waals surface area contributed by atoms with Crippen molar-refractivity contribution in [3.63, 3.8) is 0 Å². The molecule has 21 heavy (non-hydrogen) atoms. The van der Waals surface area contributed by atoms with Crippen molar-refractivity contribution < 1.29 is 12.8 Å². The fourth-order valence-corrected chi connectivity index (χ4v) is 4.33. The third kappa shape index (κ3) is 3.58. The summed E-state index contributed by atoms with van der Waals surface area (Å²) in [5.41, 5.74) is 6.33. The number of thiazole rings is 1. The van der Waals surface area contributed by atoms with Crippen LogP contribution in [0.4, 0.5) is 10.1 Å². The summed E-state index contributed by atoms with van der Waals surface area (Å²) in [6, 6.07) is 2.78. The van der Waals surface area contributed by atoms with Gasteiger partial charge in [-0.1, -0.05) is 0 Å². The number of benzene rings is 1. The van der Waals surface area contributed by atoms with E-state index in [-0.39, 0.29) is 10.6 Å². The number of anilines is 1. The fourth-order valence-electron chi connectivity index (χ4n) is 2.04. The molecule has 0 amide bonds. The zero-order valence-corrected chi connectivity index (χ0v) is 13.5. The largest absolute Gasteiger partial charge is 0.399 e. The van der Waals surface area contributed by atoms with Crippen molar-refractivity contribution in [2.24, 2.45) is 0 Å². The molecule has 0 saturated carbocycles. The van der Waals surface area contributed by atoms with Gasteiger partial charge in [0.1, 0.15) is 5.82 Å². The molecule has 1 unspecified atom stereocenters. The Morgan fingerprint density at radius 1 is 1.33 bits per heavy atom. The summed E-state index contributed by atoms with van der Waals surface area (Å²) in [4.78, 5) is 4.91. The van der Waals surface area contributed by atoms with E-state index >= 15 is 0 Å². The van der Waals surface area contributed by atoms with Crippen LogP contribution in [0.1, 0.15) is 28.5 Å². The first kappa shape index (κ1) is 15.9. The van der Waals surface area contributed by atoms with Crippen LogP contribution in [0.2, 0.25) is 0 Å². The molecule has 1 heterocycles. The first-order valence-corrected chi connectivity index (χ1v) is 8.51. The second kappa shape index (κ2) is 5.70. The van der Waals surface area contributed by atoms with Gasteiger partial charge in [-0.05, 0) is 39.0 Å². The molecular formula is C13H16FN3O2S2. The molecule has 0 fully saturated rings. The van der Waals surface area contributed by atoms with Crippen molar-refractivity contribution in [1.82, 2.24) is 9.71 Å². The van der Waals surface area contributed by atoms with E-state index in [4.69, 9.17) is 5.73 Å². The highest BCUT2D eigenvalue weighted by molar-refractivity contribution is 7.89. The van der Waals surface area contributed by atoms with E-state index in [1.54, 1.807) is 6.92 Å². The normalized spacial score (nSPS) is 13.3. The molecule has 0 aliphatic rings. The van der Waals surface area contributed by atoms with E-state index < -0.39 is 21.9 Å². The van der Waals surface area contributed by atoms with Gasteiger partial charge in [0.15, 0.2) is 0 Å². The Labute approximate surface area is 127 Å². The zero-order valence-electron chi connectivity index (χ0n) is 11.8. The van der Waals surface area contributed by atoms with Crippen LogP contribution < -0.4 is 10.5 Å². The number of nitrogens with one attached hydrogen (secondary N) is 1. The lowest BCUT2D eigenvalue weighted by atomic mass is 10.2. The number of hydrogen-bond acceptors (Lipinski definition) is 5. The fraction of sp³-hybridized carbons (Fsp3) is 0.308. The molecular weight excluding hydrogens is 313 g/mol. The maximum atomic E-state index is 13.3. The summed E-state index contributed by atoms with van der Waals surface area (Å²) < 4.78 is 40.4. The lowest BCUT2D eigenvalue weighted by Crippen LogP contribution is -2.27. The maximum absolute atomic E-state index is 13.3. The Bertz CT molecular complexity index is 751. The van der Waals surface area contributed by atoms with E-state index in [2.05, 4.69) is 9.71 Å². The minimum atomic E-state index is -3.85. The van der Waals surface area contributed by atoms with Gasteiger partial charge in [0.2, 0.25) is 10.0 Å². The van der Waals surface area contributed by atoms with Crippen molar-refractivity contribution in [2.75, 3.05) is 5.73 Å². The summed E-state index contributed by atoms with van der Waals surface area (Å²) in [5, 5.41) is 0.864. The Kier molecular flexibility index (Phi) is 4.31.